The van der Waals surface area contributed by atoms with Crippen LogP contribution in [0.5, 0.6) is 0 Å². The molecule has 11 atom stereocenters. The fourth-order valence-electron chi connectivity index (χ4n) is 7.28. The number of unbranched alkanes of at least 4 members (excludes halogenated alkanes) is 1. The maximum Gasteiger partial charge on any atom is 0.313 e. The Bertz CT molecular complexity index is 1020. The smallest absolute Gasteiger partial charge is 0.313 e. The van der Waals surface area contributed by atoms with Gasteiger partial charge >= 0.3 is 5.97 Å². The van der Waals surface area contributed by atoms with Gasteiger partial charge in [0.2, 0.25) is 0 Å². The van der Waals surface area contributed by atoms with Crippen LogP contribution in [0.15, 0.2) is 35.6 Å². The van der Waals surface area contributed by atoms with Crippen LogP contribution in [0.2, 0.25) is 0 Å². The van der Waals surface area contributed by atoms with Crippen LogP contribution in [0.1, 0.15) is 53.4 Å². The lowest BCUT2D eigenvalue weighted by molar-refractivity contribution is -0.163. The van der Waals surface area contributed by atoms with E-state index in [2.05, 4.69) is 6.92 Å². The third-order valence-corrected chi connectivity index (χ3v) is 9.30. The number of epoxide rings is 2. The number of aliphatic hydroxyl groups is 3. The number of allylic oxidation sites excluding steroid dienone is 1. The molecule has 8 heteroatoms. The number of aliphatic hydroxyl groups excluding tert-OH is 3. The Labute approximate surface area is 199 Å². The lowest BCUT2D eigenvalue weighted by Crippen LogP contribution is -2.58. The van der Waals surface area contributed by atoms with Crippen molar-refractivity contribution in [1.82, 2.24) is 0 Å². The van der Waals surface area contributed by atoms with Crippen LogP contribution in [-0.2, 0) is 23.7 Å². The van der Waals surface area contributed by atoms with Crippen LogP contribution in [0.25, 0.3) is 0 Å². The van der Waals surface area contributed by atoms with E-state index < -0.39 is 64.8 Å². The molecule has 4 fully saturated rings. The molecule has 0 radical (unpaired) electrons. The number of fused-ring (bicyclic) bond motifs is 7. The molecule has 6 rings (SSSR count). The highest BCUT2D eigenvalue weighted by molar-refractivity contribution is 5.78. The second kappa shape index (κ2) is 6.95. The average molecular weight is 475 g/mol. The average Bonchev–Trinajstić information content (AvgIpc) is 3.66. The maximum atomic E-state index is 13.1. The first kappa shape index (κ1) is 22.7. The molecular weight excluding hydrogens is 440 g/mol. The van der Waals surface area contributed by atoms with Crippen molar-refractivity contribution < 1.29 is 39.1 Å². The Kier molecular flexibility index (Phi) is 4.64. The molecule has 0 unspecified atom stereocenters. The largest absolute Gasteiger partial charge is 0.464 e. The van der Waals surface area contributed by atoms with Crippen LogP contribution in [-0.4, -0.2) is 68.3 Å². The number of esters is 1. The summed E-state index contributed by atoms with van der Waals surface area (Å²) in [5.41, 5.74) is -1.23. The molecule has 186 valence electrons. The van der Waals surface area contributed by atoms with Gasteiger partial charge in [-0.05, 0) is 51.2 Å². The Balaban J connectivity index is 1.37. The molecular formula is C26H34O8. The number of rotatable bonds is 5. The summed E-state index contributed by atoms with van der Waals surface area (Å²) in [5.74, 6) is -3.30. The van der Waals surface area contributed by atoms with Crippen molar-refractivity contribution >= 4 is 5.97 Å². The SMILES string of the molecule is CCC/C=C(\C)[C@@H](O)[C@H]1C(=O)O[C@@]2(C)[C@@H]1C1=CO[C@]3([C@]45O[C@@]4(C)CC=C[C@@H]5O)O[C@@H]3[C@@H]1C[C@@H]2O. The van der Waals surface area contributed by atoms with Crippen LogP contribution in [0, 0.1) is 17.8 Å². The molecule has 0 bridgehead atoms. The minimum atomic E-state index is -1.16. The van der Waals surface area contributed by atoms with E-state index in [9.17, 15) is 20.1 Å². The van der Waals surface area contributed by atoms with Gasteiger partial charge in [-0.1, -0.05) is 31.6 Å². The summed E-state index contributed by atoms with van der Waals surface area (Å²) in [4.78, 5) is 13.1. The molecule has 34 heavy (non-hydrogen) atoms. The van der Waals surface area contributed by atoms with Crippen molar-refractivity contribution in [2.45, 2.75) is 100 Å². The molecule has 4 aliphatic heterocycles. The predicted molar refractivity (Wildman–Crippen MR) is 119 cm³/mol. The molecule has 0 aromatic rings. The zero-order chi connectivity index (χ0) is 24.3. The third-order valence-electron chi connectivity index (χ3n) is 9.30. The van der Waals surface area contributed by atoms with Gasteiger partial charge in [0.25, 0.3) is 5.79 Å². The standard InChI is InChI=1S/C26H34O8/c1-5-6-8-13(2)20(29)18-19-15-12-31-26(25-16(27)9-7-10-23(25,3)34-25)21(32-26)14(15)11-17(28)24(19,4)33-22(18)30/h7-9,12,14,16-21,27-29H,5-6,10-11H2,1-4H3/b13-8+/t14-,16+,17+,18+,19-,20-,21-,23+,24-,25-,26+/m1/s1. The molecule has 4 heterocycles. The lowest BCUT2D eigenvalue weighted by Gasteiger charge is -2.46. The van der Waals surface area contributed by atoms with Crippen LogP contribution >= 0.6 is 0 Å². The zero-order valence-electron chi connectivity index (χ0n) is 20.1. The molecule has 3 N–H and O–H groups in total. The molecule has 6 aliphatic rings. The van der Waals surface area contributed by atoms with E-state index in [1.165, 1.54) is 0 Å². The predicted octanol–water partition coefficient (Wildman–Crippen LogP) is 1.88. The molecule has 0 amide bonds. The number of hydrogen-bond acceptors (Lipinski definition) is 8. The Hall–Kier alpha value is -1.71. The summed E-state index contributed by atoms with van der Waals surface area (Å²) in [7, 11) is 0. The van der Waals surface area contributed by atoms with E-state index in [0.29, 0.717) is 12.8 Å². The maximum absolute atomic E-state index is 13.1. The van der Waals surface area contributed by atoms with Gasteiger partial charge in [0.15, 0.2) is 5.60 Å². The number of carbonyl (C=O) groups is 1. The van der Waals surface area contributed by atoms with Crippen LogP contribution in [0.4, 0.5) is 0 Å². The van der Waals surface area contributed by atoms with E-state index in [0.717, 1.165) is 24.0 Å². The minimum Gasteiger partial charge on any atom is -0.464 e. The minimum absolute atomic E-state index is 0.244. The monoisotopic (exact) mass is 474 g/mol. The summed E-state index contributed by atoms with van der Waals surface area (Å²) in [6.45, 7) is 7.56. The Morgan fingerprint density at radius 2 is 2.09 bits per heavy atom. The van der Waals surface area contributed by atoms with Gasteiger partial charge in [0.1, 0.15) is 23.4 Å². The van der Waals surface area contributed by atoms with Crippen LogP contribution < -0.4 is 0 Å². The first-order valence-corrected chi connectivity index (χ1v) is 12.4. The summed E-state index contributed by atoms with van der Waals surface area (Å²) < 4.78 is 24.4. The highest BCUT2D eigenvalue weighted by atomic mass is 16.8. The van der Waals surface area contributed by atoms with Gasteiger partial charge in [0.05, 0.1) is 24.4 Å². The lowest BCUT2D eigenvalue weighted by atomic mass is 9.60. The van der Waals surface area contributed by atoms with Gasteiger partial charge in [0, 0.05) is 11.8 Å². The van der Waals surface area contributed by atoms with E-state index in [-0.39, 0.29) is 5.92 Å². The van der Waals surface area contributed by atoms with Crippen molar-refractivity contribution in [3.8, 4) is 0 Å². The quantitative estimate of drug-likeness (QED) is 0.314. The van der Waals surface area contributed by atoms with Gasteiger partial charge in [-0.25, -0.2) is 0 Å². The van der Waals surface area contributed by atoms with Crippen molar-refractivity contribution in [3.05, 3.63) is 35.6 Å². The molecule has 3 saturated heterocycles. The fourth-order valence-corrected chi connectivity index (χ4v) is 7.28. The second-order valence-electron chi connectivity index (χ2n) is 11.2. The summed E-state index contributed by atoms with van der Waals surface area (Å²) >= 11 is 0. The zero-order valence-corrected chi connectivity index (χ0v) is 20.1. The van der Waals surface area contributed by atoms with Gasteiger partial charge in [-0.3, -0.25) is 4.79 Å². The Morgan fingerprint density at radius 3 is 2.79 bits per heavy atom. The summed E-state index contributed by atoms with van der Waals surface area (Å²) in [5, 5.41) is 33.2. The summed E-state index contributed by atoms with van der Waals surface area (Å²) in [6, 6.07) is 0. The van der Waals surface area contributed by atoms with Crippen molar-refractivity contribution in [2.24, 2.45) is 17.8 Å². The number of hydrogen-bond donors (Lipinski definition) is 3. The van der Waals surface area contributed by atoms with Crippen molar-refractivity contribution in [2.75, 3.05) is 0 Å². The Morgan fingerprint density at radius 1 is 1.32 bits per heavy atom. The summed E-state index contributed by atoms with van der Waals surface area (Å²) in [6.07, 6.45) is 6.66. The number of carbonyl (C=O) groups excluding carboxylic acids is 1. The van der Waals surface area contributed by atoms with E-state index in [1.807, 2.05) is 26.0 Å². The van der Waals surface area contributed by atoms with E-state index in [4.69, 9.17) is 18.9 Å². The topological polar surface area (TPSA) is 121 Å². The molecule has 0 spiro atoms. The highest BCUT2D eigenvalue weighted by Crippen LogP contribution is 2.72. The molecule has 1 saturated carbocycles. The first-order chi connectivity index (χ1) is 16.1. The third kappa shape index (κ3) is 2.53. The number of ether oxygens (including phenoxy) is 4. The van der Waals surface area contributed by atoms with Gasteiger partial charge in [-0.15, -0.1) is 0 Å². The molecule has 0 aromatic carbocycles. The molecule has 8 nitrogen and oxygen atoms in total. The van der Waals surface area contributed by atoms with E-state index in [1.54, 1.807) is 19.3 Å². The first-order valence-electron chi connectivity index (χ1n) is 12.4. The van der Waals surface area contributed by atoms with Crippen LogP contribution in [0.3, 0.4) is 0 Å². The fraction of sp³-hybridized carbons (Fsp3) is 0.731. The second-order valence-corrected chi connectivity index (χ2v) is 11.2. The van der Waals surface area contributed by atoms with Crippen molar-refractivity contribution in [3.63, 3.8) is 0 Å². The van der Waals surface area contributed by atoms with Crippen molar-refractivity contribution in [1.29, 1.82) is 0 Å². The normalized spacial score (nSPS) is 53.4. The van der Waals surface area contributed by atoms with Gasteiger partial charge < -0.3 is 34.3 Å². The van der Waals surface area contributed by atoms with E-state index >= 15 is 0 Å². The molecule has 0 aromatic heterocycles. The highest BCUT2D eigenvalue weighted by Gasteiger charge is 2.92. The van der Waals surface area contributed by atoms with Gasteiger partial charge in [-0.2, -0.15) is 0 Å². The molecule has 2 aliphatic carbocycles.